The maximum absolute atomic E-state index is 11.8. The zero-order valence-corrected chi connectivity index (χ0v) is 17.1. The molecule has 28 heavy (non-hydrogen) atoms. The van der Waals surface area contributed by atoms with Crippen LogP contribution in [0.25, 0.3) is 0 Å². The fourth-order valence-corrected chi connectivity index (χ4v) is 4.18. The van der Waals surface area contributed by atoms with Gasteiger partial charge in [-0.15, -0.1) is 0 Å². The lowest BCUT2D eigenvalue weighted by Gasteiger charge is -2.37. The smallest absolute Gasteiger partial charge is 0.409 e. The molecule has 0 saturated carbocycles. The normalized spacial score (nSPS) is 15.5. The first-order valence-corrected chi connectivity index (χ1v) is 10.4. The largest absolute Gasteiger partial charge is 0.450 e. The van der Waals surface area contributed by atoms with E-state index < -0.39 is 0 Å². The van der Waals surface area contributed by atoms with Gasteiger partial charge in [0.25, 0.3) is 0 Å². The molecule has 1 heterocycles. The van der Waals surface area contributed by atoms with E-state index in [0.717, 1.165) is 19.6 Å². The number of amides is 1. The summed E-state index contributed by atoms with van der Waals surface area (Å²) in [5.74, 6) is 1.09. The first kappa shape index (κ1) is 20.4. The first-order valence-electron chi connectivity index (χ1n) is 10.4. The summed E-state index contributed by atoms with van der Waals surface area (Å²) in [6, 6.07) is 21.8. The second-order valence-electron chi connectivity index (χ2n) is 7.60. The van der Waals surface area contributed by atoms with Crippen molar-refractivity contribution < 1.29 is 9.53 Å². The molecule has 0 atom stereocenters. The standard InChI is InChI=1S/C24H32N2O2/c1-3-28-24(27)25(2)18-19-26-16-14-22(15-17-26)23(20-10-6-4-7-11-20)21-12-8-5-9-13-21/h4-13,22-23H,3,14-19H2,1-2H3. The molecule has 2 aromatic carbocycles. The molecule has 2 aromatic rings. The highest BCUT2D eigenvalue weighted by molar-refractivity contribution is 5.67. The average Bonchev–Trinajstić information content (AvgIpc) is 2.75. The second-order valence-corrected chi connectivity index (χ2v) is 7.60. The average molecular weight is 381 g/mol. The van der Waals surface area contributed by atoms with Crippen LogP contribution in [0.3, 0.4) is 0 Å². The fourth-order valence-electron chi connectivity index (χ4n) is 4.18. The van der Waals surface area contributed by atoms with Crippen LogP contribution in [-0.2, 0) is 4.74 Å². The van der Waals surface area contributed by atoms with Crippen LogP contribution in [-0.4, -0.2) is 55.7 Å². The molecule has 0 aromatic heterocycles. The fraction of sp³-hybridized carbons (Fsp3) is 0.458. The Balaban J connectivity index is 1.59. The van der Waals surface area contributed by atoms with Crippen molar-refractivity contribution in [2.45, 2.75) is 25.7 Å². The van der Waals surface area contributed by atoms with E-state index in [1.165, 1.54) is 24.0 Å². The van der Waals surface area contributed by atoms with E-state index >= 15 is 0 Å². The van der Waals surface area contributed by atoms with E-state index in [2.05, 4.69) is 65.6 Å². The van der Waals surface area contributed by atoms with Crippen LogP contribution in [0.5, 0.6) is 0 Å². The van der Waals surface area contributed by atoms with Crippen LogP contribution in [0.15, 0.2) is 60.7 Å². The Morgan fingerprint density at radius 1 is 1.04 bits per heavy atom. The SMILES string of the molecule is CCOC(=O)N(C)CCN1CCC(C(c2ccccc2)c2ccccc2)CC1. The van der Waals surface area contributed by atoms with E-state index in [-0.39, 0.29) is 6.09 Å². The third-order valence-corrected chi connectivity index (χ3v) is 5.75. The van der Waals surface area contributed by atoms with Crippen molar-refractivity contribution in [1.82, 2.24) is 9.80 Å². The highest BCUT2D eigenvalue weighted by atomic mass is 16.5. The quantitative estimate of drug-likeness (QED) is 0.703. The number of rotatable bonds is 7. The molecule has 0 spiro atoms. The predicted octanol–water partition coefficient (Wildman–Crippen LogP) is 4.62. The summed E-state index contributed by atoms with van der Waals surface area (Å²) >= 11 is 0. The van der Waals surface area contributed by atoms with Crippen molar-refractivity contribution >= 4 is 6.09 Å². The number of likely N-dealkylation sites (N-methyl/N-ethyl adjacent to an activating group) is 1. The molecule has 1 fully saturated rings. The number of likely N-dealkylation sites (tertiary alicyclic amines) is 1. The van der Waals surface area contributed by atoms with Crippen LogP contribution in [0.1, 0.15) is 36.8 Å². The van der Waals surface area contributed by atoms with Gasteiger partial charge < -0.3 is 14.5 Å². The number of hydrogen-bond donors (Lipinski definition) is 0. The minimum atomic E-state index is -0.231. The van der Waals surface area contributed by atoms with Crippen molar-refractivity contribution in [3.05, 3.63) is 71.8 Å². The Morgan fingerprint density at radius 2 is 1.57 bits per heavy atom. The van der Waals surface area contributed by atoms with Gasteiger partial charge in [-0.25, -0.2) is 4.79 Å². The van der Waals surface area contributed by atoms with Crippen LogP contribution in [0.2, 0.25) is 0 Å². The highest BCUT2D eigenvalue weighted by Gasteiger charge is 2.28. The van der Waals surface area contributed by atoms with Gasteiger partial charge in [-0.3, -0.25) is 0 Å². The second kappa shape index (κ2) is 10.3. The maximum atomic E-state index is 11.8. The van der Waals surface area contributed by atoms with Crippen molar-refractivity contribution in [2.75, 3.05) is 39.8 Å². The molecule has 0 N–H and O–H groups in total. The molecule has 0 unspecified atom stereocenters. The number of ether oxygens (including phenoxy) is 1. The highest BCUT2D eigenvalue weighted by Crippen LogP contribution is 2.37. The third-order valence-electron chi connectivity index (χ3n) is 5.75. The Hall–Kier alpha value is -2.33. The van der Waals surface area contributed by atoms with Crippen LogP contribution in [0.4, 0.5) is 4.79 Å². The number of piperidine rings is 1. The van der Waals surface area contributed by atoms with Gasteiger partial charge in [-0.1, -0.05) is 60.7 Å². The van der Waals surface area contributed by atoms with Crippen molar-refractivity contribution in [3.63, 3.8) is 0 Å². The molecule has 4 nitrogen and oxygen atoms in total. The number of nitrogens with zero attached hydrogens (tertiary/aromatic N) is 2. The molecule has 150 valence electrons. The van der Waals surface area contributed by atoms with Crippen LogP contribution >= 0.6 is 0 Å². The molecular weight excluding hydrogens is 348 g/mol. The lowest BCUT2D eigenvalue weighted by Crippen LogP contribution is -2.41. The first-order chi connectivity index (χ1) is 13.7. The number of carbonyl (C=O) groups is 1. The van der Waals surface area contributed by atoms with E-state index in [1.54, 1.807) is 4.90 Å². The van der Waals surface area contributed by atoms with Crippen LogP contribution in [0, 0.1) is 5.92 Å². The lowest BCUT2D eigenvalue weighted by atomic mass is 9.76. The van der Waals surface area contributed by atoms with Crippen molar-refractivity contribution in [1.29, 1.82) is 0 Å². The molecule has 4 heteroatoms. The Labute approximate surface area is 169 Å². The summed E-state index contributed by atoms with van der Waals surface area (Å²) in [4.78, 5) is 15.9. The van der Waals surface area contributed by atoms with E-state index in [1.807, 2.05) is 14.0 Å². The summed E-state index contributed by atoms with van der Waals surface area (Å²) in [5, 5.41) is 0. The summed E-state index contributed by atoms with van der Waals surface area (Å²) in [6.45, 7) is 6.05. The minimum absolute atomic E-state index is 0.231. The van der Waals surface area contributed by atoms with E-state index in [4.69, 9.17) is 4.74 Å². The van der Waals surface area contributed by atoms with Crippen LogP contribution < -0.4 is 0 Å². The Bertz CT molecular complexity index is 672. The van der Waals surface area contributed by atoms with Gasteiger partial charge in [0, 0.05) is 26.1 Å². The number of carbonyl (C=O) groups excluding carboxylic acids is 1. The van der Waals surface area contributed by atoms with Gasteiger partial charge in [0.2, 0.25) is 0 Å². The lowest BCUT2D eigenvalue weighted by molar-refractivity contribution is 0.106. The number of hydrogen-bond acceptors (Lipinski definition) is 3. The van der Waals surface area contributed by atoms with Gasteiger partial charge >= 0.3 is 6.09 Å². The summed E-state index contributed by atoms with van der Waals surface area (Å²) < 4.78 is 5.06. The summed E-state index contributed by atoms with van der Waals surface area (Å²) in [7, 11) is 1.81. The molecule has 0 radical (unpaired) electrons. The summed E-state index contributed by atoms with van der Waals surface area (Å²) in [6.07, 6.45) is 2.13. The van der Waals surface area contributed by atoms with Gasteiger partial charge in [-0.05, 0) is 49.9 Å². The Kier molecular flexibility index (Phi) is 7.49. The molecule has 1 aliphatic rings. The molecule has 1 amide bonds. The zero-order valence-electron chi connectivity index (χ0n) is 17.1. The zero-order chi connectivity index (χ0) is 19.8. The summed E-state index contributed by atoms with van der Waals surface area (Å²) in [5.41, 5.74) is 2.82. The molecule has 1 saturated heterocycles. The predicted molar refractivity (Wildman–Crippen MR) is 114 cm³/mol. The topological polar surface area (TPSA) is 32.8 Å². The van der Waals surface area contributed by atoms with Crippen molar-refractivity contribution in [2.24, 2.45) is 5.92 Å². The van der Waals surface area contributed by atoms with Gasteiger partial charge in [0.05, 0.1) is 6.61 Å². The van der Waals surface area contributed by atoms with Crippen molar-refractivity contribution in [3.8, 4) is 0 Å². The minimum Gasteiger partial charge on any atom is -0.450 e. The van der Waals surface area contributed by atoms with Gasteiger partial charge in [0.1, 0.15) is 0 Å². The van der Waals surface area contributed by atoms with E-state index in [0.29, 0.717) is 25.0 Å². The monoisotopic (exact) mass is 380 g/mol. The molecule has 0 aliphatic carbocycles. The number of benzene rings is 2. The van der Waals surface area contributed by atoms with Gasteiger partial charge in [0.15, 0.2) is 0 Å². The molecule has 0 bridgehead atoms. The third kappa shape index (κ3) is 5.35. The van der Waals surface area contributed by atoms with Gasteiger partial charge in [-0.2, -0.15) is 0 Å². The molecule has 1 aliphatic heterocycles. The molecular formula is C24H32N2O2. The molecule has 3 rings (SSSR count). The maximum Gasteiger partial charge on any atom is 0.409 e. The van der Waals surface area contributed by atoms with E-state index in [9.17, 15) is 4.79 Å². The Morgan fingerprint density at radius 3 is 2.07 bits per heavy atom.